The van der Waals surface area contributed by atoms with Crippen molar-refractivity contribution < 1.29 is 13.9 Å². The van der Waals surface area contributed by atoms with Gasteiger partial charge >= 0.3 is 0 Å². The molecule has 0 aliphatic rings. The van der Waals surface area contributed by atoms with Crippen molar-refractivity contribution in [1.29, 1.82) is 0 Å². The zero-order valence-corrected chi connectivity index (χ0v) is 11.2. The molecule has 4 heteroatoms. The van der Waals surface area contributed by atoms with Gasteiger partial charge in [-0.25, -0.2) is 0 Å². The number of furan rings is 1. The highest BCUT2D eigenvalue weighted by Gasteiger charge is 2.10. The van der Waals surface area contributed by atoms with E-state index >= 15 is 0 Å². The van der Waals surface area contributed by atoms with Crippen molar-refractivity contribution in [2.45, 2.75) is 46.4 Å². The first-order valence-corrected chi connectivity index (χ1v) is 5.92. The predicted molar refractivity (Wildman–Crippen MR) is 66.7 cm³/mol. The van der Waals surface area contributed by atoms with Gasteiger partial charge in [0.05, 0.1) is 32.0 Å². The molecule has 1 heterocycles. The van der Waals surface area contributed by atoms with Crippen LogP contribution in [-0.4, -0.2) is 18.8 Å². The van der Waals surface area contributed by atoms with Gasteiger partial charge < -0.3 is 19.6 Å². The summed E-state index contributed by atoms with van der Waals surface area (Å²) in [6.07, 6.45) is 0. The molecular formula is C13H23NO3. The summed E-state index contributed by atoms with van der Waals surface area (Å²) >= 11 is 0. The Hall–Kier alpha value is -0.840. The van der Waals surface area contributed by atoms with E-state index in [9.17, 15) is 0 Å². The highest BCUT2D eigenvalue weighted by Crippen LogP contribution is 2.15. The van der Waals surface area contributed by atoms with Gasteiger partial charge in [-0.05, 0) is 33.8 Å². The Morgan fingerprint density at radius 2 is 2.00 bits per heavy atom. The van der Waals surface area contributed by atoms with Gasteiger partial charge in [-0.15, -0.1) is 0 Å². The summed E-state index contributed by atoms with van der Waals surface area (Å²) in [4.78, 5) is 0. The Morgan fingerprint density at radius 1 is 1.29 bits per heavy atom. The van der Waals surface area contributed by atoms with Gasteiger partial charge in [0.1, 0.15) is 11.5 Å². The SMILES string of the molecule is Cc1oc(CN)cc1COCCOC(C)(C)C. The third-order valence-corrected chi connectivity index (χ3v) is 2.29. The average molecular weight is 241 g/mol. The maximum Gasteiger partial charge on any atom is 0.118 e. The van der Waals surface area contributed by atoms with E-state index in [-0.39, 0.29) is 5.60 Å². The van der Waals surface area contributed by atoms with Crippen LogP contribution in [0.5, 0.6) is 0 Å². The molecule has 0 aliphatic carbocycles. The van der Waals surface area contributed by atoms with Crippen molar-refractivity contribution in [3.8, 4) is 0 Å². The second kappa shape index (κ2) is 6.19. The second-order valence-electron chi connectivity index (χ2n) is 5.01. The fourth-order valence-electron chi connectivity index (χ4n) is 1.42. The minimum atomic E-state index is -0.109. The Labute approximate surface area is 103 Å². The molecule has 0 unspecified atom stereocenters. The smallest absolute Gasteiger partial charge is 0.118 e. The van der Waals surface area contributed by atoms with E-state index in [2.05, 4.69) is 0 Å². The van der Waals surface area contributed by atoms with Crippen LogP contribution in [0.3, 0.4) is 0 Å². The van der Waals surface area contributed by atoms with E-state index in [0.29, 0.717) is 26.4 Å². The van der Waals surface area contributed by atoms with Crippen molar-refractivity contribution in [1.82, 2.24) is 0 Å². The number of aryl methyl sites for hydroxylation is 1. The van der Waals surface area contributed by atoms with Gasteiger partial charge in [-0.3, -0.25) is 0 Å². The van der Waals surface area contributed by atoms with Crippen molar-refractivity contribution >= 4 is 0 Å². The molecule has 17 heavy (non-hydrogen) atoms. The lowest BCUT2D eigenvalue weighted by atomic mass is 10.2. The van der Waals surface area contributed by atoms with E-state index in [0.717, 1.165) is 17.1 Å². The molecule has 0 aliphatic heterocycles. The van der Waals surface area contributed by atoms with E-state index in [4.69, 9.17) is 19.6 Å². The number of ether oxygens (including phenoxy) is 2. The fourth-order valence-corrected chi connectivity index (χ4v) is 1.42. The van der Waals surface area contributed by atoms with Crippen LogP contribution in [0.4, 0.5) is 0 Å². The molecule has 0 bridgehead atoms. The quantitative estimate of drug-likeness (QED) is 0.777. The first kappa shape index (κ1) is 14.2. The lowest BCUT2D eigenvalue weighted by molar-refractivity contribution is -0.0378. The zero-order valence-electron chi connectivity index (χ0n) is 11.2. The molecule has 0 fully saturated rings. The summed E-state index contributed by atoms with van der Waals surface area (Å²) in [7, 11) is 0. The van der Waals surface area contributed by atoms with Crippen LogP contribution in [0.2, 0.25) is 0 Å². The normalized spacial score (nSPS) is 12.1. The summed E-state index contributed by atoms with van der Waals surface area (Å²) in [5.41, 5.74) is 6.45. The molecular weight excluding hydrogens is 218 g/mol. The van der Waals surface area contributed by atoms with Crippen molar-refractivity contribution in [3.63, 3.8) is 0 Å². The van der Waals surface area contributed by atoms with Crippen molar-refractivity contribution in [2.75, 3.05) is 13.2 Å². The van der Waals surface area contributed by atoms with Crippen LogP contribution in [0.1, 0.15) is 37.9 Å². The molecule has 1 rings (SSSR count). The Morgan fingerprint density at radius 3 is 2.53 bits per heavy atom. The number of rotatable bonds is 6. The van der Waals surface area contributed by atoms with Gasteiger partial charge in [0.2, 0.25) is 0 Å². The first-order chi connectivity index (χ1) is 7.92. The molecule has 0 spiro atoms. The van der Waals surface area contributed by atoms with Crippen LogP contribution in [0.15, 0.2) is 10.5 Å². The maximum absolute atomic E-state index is 5.56. The molecule has 1 aromatic rings. The predicted octanol–water partition coefficient (Wildman–Crippen LogP) is 2.38. The van der Waals surface area contributed by atoms with Gasteiger partial charge in [0, 0.05) is 5.56 Å². The minimum Gasteiger partial charge on any atom is -0.465 e. The number of hydrogen-bond acceptors (Lipinski definition) is 4. The lowest BCUT2D eigenvalue weighted by Crippen LogP contribution is -2.21. The molecule has 0 atom stereocenters. The third-order valence-electron chi connectivity index (χ3n) is 2.29. The summed E-state index contributed by atoms with van der Waals surface area (Å²) in [5, 5.41) is 0. The minimum absolute atomic E-state index is 0.109. The second-order valence-corrected chi connectivity index (χ2v) is 5.01. The Balaban J connectivity index is 2.24. The van der Waals surface area contributed by atoms with Crippen LogP contribution in [0.25, 0.3) is 0 Å². The largest absolute Gasteiger partial charge is 0.465 e. The molecule has 0 aromatic carbocycles. The maximum atomic E-state index is 5.56. The molecule has 1 aromatic heterocycles. The van der Waals surface area contributed by atoms with Crippen LogP contribution >= 0.6 is 0 Å². The van der Waals surface area contributed by atoms with E-state index < -0.39 is 0 Å². The molecule has 2 N–H and O–H groups in total. The van der Waals surface area contributed by atoms with Crippen LogP contribution in [0, 0.1) is 6.92 Å². The molecule has 0 amide bonds. The highest BCUT2D eigenvalue weighted by molar-refractivity contribution is 5.19. The first-order valence-electron chi connectivity index (χ1n) is 5.92. The van der Waals surface area contributed by atoms with Gasteiger partial charge in [-0.1, -0.05) is 0 Å². The van der Waals surface area contributed by atoms with Crippen molar-refractivity contribution in [2.24, 2.45) is 5.73 Å². The van der Waals surface area contributed by atoms with Crippen LogP contribution in [-0.2, 0) is 22.6 Å². The lowest BCUT2D eigenvalue weighted by Gasteiger charge is -2.19. The highest BCUT2D eigenvalue weighted by atomic mass is 16.5. The van der Waals surface area contributed by atoms with Gasteiger partial charge in [-0.2, -0.15) is 0 Å². The van der Waals surface area contributed by atoms with Crippen molar-refractivity contribution in [3.05, 3.63) is 23.2 Å². The molecule has 98 valence electrons. The Kier molecular flexibility index (Phi) is 5.18. The third kappa shape index (κ3) is 5.35. The van der Waals surface area contributed by atoms with Crippen LogP contribution < -0.4 is 5.73 Å². The zero-order chi connectivity index (χ0) is 12.9. The fraction of sp³-hybridized carbons (Fsp3) is 0.692. The van der Waals surface area contributed by atoms with E-state index in [1.807, 2.05) is 33.8 Å². The average Bonchev–Trinajstić information content (AvgIpc) is 2.57. The molecule has 0 saturated carbocycles. The summed E-state index contributed by atoms with van der Waals surface area (Å²) < 4.78 is 16.5. The topological polar surface area (TPSA) is 57.6 Å². The molecule has 0 saturated heterocycles. The van der Waals surface area contributed by atoms with E-state index in [1.165, 1.54) is 0 Å². The molecule has 4 nitrogen and oxygen atoms in total. The summed E-state index contributed by atoms with van der Waals surface area (Å²) in [5.74, 6) is 1.68. The summed E-state index contributed by atoms with van der Waals surface area (Å²) in [6, 6.07) is 1.94. The standard InChI is InChI=1S/C13H23NO3/c1-10-11(7-12(8-14)17-10)9-15-5-6-16-13(2,3)4/h7H,5-6,8-9,14H2,1-4H3. The monoisotopic (exact) mass is 241 g/mol. The summed E-state index contributed by atoms with van der Waals surface area (Å²) in [6.45, 7) is 10.2. The number of nitrogens with two attached hydrogens (primary N) is 1. The van der Waals surface area contributed by atoms with E-state index in [1.54, 1.807) is 0 Å². The Bertz CT molecular complexity index is 339. The van der Waals surface area contributed by atoms with Gasteiger partial charge in [0.15, 0.2) is 0 Å². The number of hydrogen-bond donors (Lipinski definition) is 1. The molecule has 0 radical (unpaired) electrons. The van der Waals surface area contributed by atoms with Gasteiger partial charge in [0.25, 0.3) is 0 Å².